The molecule has 7 nitrogen and oxygen atoms in total. The molecule has 2 aromatic rings. The van der Waals surface area contributed by atoms with Gasteiger partial charge >= 0.3 is 0 Å². The zero-order chi connectivity index (χ0) is 19.3. The molecule has 0 atom stereocenters. The molecule has 138 valence electrons. The van der Waals surface area contributed by atoms with Crippen molar-refractivity contribution in [1.82, 2.24) is 10.0 Å². The van der Waals surface area contributed by atoms with E-state index in [0.29, 0.717) is 21.8 Å². The first kappa shape index (κ1) is 19.9. The summed E-state index contributed by atoms with van der Waals surface area (Å²) in [5.74, 6) is -0.900. The van der Waals surface area contributed by atoms with Gasteiger partial charge in [0.2, 0.25) is 15.9 Å². The van der Waals surface area contributed by atoms with Gasteiger partial charge in [-0.25, -0.2) is 13.1 Å². The summed E-state index contributed by atoms with van der Waals surface area (Å²) in [6.07, 6.45) is 0. The normalized spacial score (nSPS) is 11.0. The van der Waals surface area contributed by atoms with Crippen molar-refractivity contribution >= 4 is 39.1 Å². The molecule has 9 heteroatoms. The fourth-order valence-corrected chi connectivity index (χ4v) is 3.27. The molecule has 0 aliphatic heterocycles. The predicted octanol–water partition coefficient (Wildman–Crippen LogP) is 1.93. The molecule has 0 aliphatic rings. The molecular weight excluding hydrogens is 378 g/mol. The molecule has 0 saturated carbocycles. The lowest BCUT2D eigenvalue weighted by molar-refractivity contribution is -0.115. The van der Waals surface area contributed by atoms with E-state index in [2.05, 4.69) is 15.4 Å². The van der Waals surface area contributed by atoms with Crippen LogP contribution in [0.2, 0.25) is 5.02 Å². The van der Waals surface area contributed by atoms with Gasteiger partial charge in [-0.3, -0.25) is 9.59 Å². The van der Waals surface area contributed by atoms with Crippen molar-refractivity contribution < 1.29 is 18.0 Å². The maximum absolute atomic E-state index is 12.0. The molecule has 0 unspecified atom stereocenters. The third-order valence-electron chi connectivity index (χ3n) is 3.55. The average Bonchev–Trinajstić information content (AvgIpc) is 2.61. The number of nitrogens with one attached hydrogen (secondary N) is 3. The molecule has 0 saturated heterocycles. The van der Waals surface area contributed by atoms with Crippen molar-refractivity contribution in [3.63, 3.8) is 0 Å². The molecule has 0 spiro atoms. The van der Waals surface area contributed by atoms with Crippen LogP contribution in [0.1, 0.15) is 15.9 Å². The van der Waals surface area contributed by atoms with Crippen LogP contribution in [0.25, 0.3) is 0 Å². The van der Waals surface area contributed by atoms with E-state index in [-0.39, 0.29) is 11.4 Å². The Morgan fingerprint density at radius 2 is 1.73 bits per heavy atom. The van der Waals surface area contributed by atoms with Gasteiger partial charge in [-0.2, -0.15) is 0 Å². The number of amides is 2. The van der Waals surface area contributed by atoms with E-state index >= 15 is 0 Å². The minimum Gasteiger partial charge on any atom is -0.343 e. The van der Waals surface area contributed by atoms with Crippen molar-refractivity contribution in [1.29, 1.82) is 0 Å². The second-order valence-corrected chi connectivity index (χ2v) is 7.72. The van der Waals surface area contributed by atoms with Gasteiger partial charge in [0, 0.05) is 16.3 Å². The summed E-state index contributed by atoms with van der Waals surface area (Å²) in [4.78, 5) is 24.0. The Morgan fingerprint density at radius 3 is 2.35 bits per heavy atom. The minimum atomic E-state index is -3.63. The first-order chi connectivity index (χ1) is 12.2. The van der Waals surface area contributed by atoms with Crippen LogP contribution in [0, 0.1) is 6.92 Å². The number of aryl methyl sites for hydroxylation is 1. The molecule has 26 heavy (non-hydrogen) atoms. The number of hydrogen-bond donors (Lipinski definition) is 3. The fraction of sp³-hybridized carbons (Fsp3) is 0.176. The fourth-order valence-electron chi connectivity index (χ4n) is 2.15. The first-order valence-corrected chi connectivity index (χ1v) is 9.47. The highest BCUT2D eigenvalue weighted by molar-refractivity contribution is 7.89. The van der Waals surface area contributed by atoms with Crippen molar-refractivity contribution in [2.75, 3.05) is 18.9 Å². The second kappa shape index (κ2) is 8.31. The lowest BCUT2D eigenvalue weighted by Crippen LogP contribution is -2.32. The van der Waals surface area contributed by atoms with Crippen molar-refractivity contribution in [2.45, 2.75) is 11.8 Å². The summed E-state index contributed by atoms with van der Waals surface area (Å²) >= 11 is 5.76. The highest BCUT2D eigenvalue weighted by Gasteiger charge is 2.16. The van der Waals surface area contributed by atoms with E-state index in [0.717, 1.165) is 0 Å². The maximum Gasteiger partial charge on any atom is 0.251 e. The third kappa shape index (κ3) is 5.04. The topological polar surface area (TPSA) is 104 Å². The van der Waals surface area contributed by atoms with Gasteiger partial charge in [0.25, 0.3) is 5.91 Å². The zero-order valence-corrected chi connectivity index (χ0v) is 15.7. The molecule has 0 heterocycles. The number of anilines is 1. The number of carbonyl (C=O) groups excluding carboxylic acids is 2. The Hall–Kier alpha value is -2.42. The quantitative estimate of drug-likeness (QED) is 0.695. The minimum absolute atomic E-state index is 0.0722. The van der Waals surface area contributed by atoms with Crippen LogP contribution < -0.4 is 15.4 Å². The van der Waals surface area contributed by atoms with Gasteiger partial charge in [-0.15, -0.1) is 0 Å². The molecule has 2 aromatic carbocycles. The monoisotopic (exact) mass is 395 g/mol. The van der Waals surface area contributed by atoms with E-state index in [4.69, 9.17) is 11.6 Å². The molecule has 0 radical (unpaired) electrons. The van der Waals surface area contributed by atoms with Gasteiger partial charge in [0.15, 0.2) is 0 Å². The zero-order valence-electron chi connectivity index (χ0n) is 14.2. The molecule has 0 bridgehead atoms. The Labute approximate surface area is 156 Å². The lowest BCUT2D eigenvalue weighted by Gasteiger charge is -2.11. The molecule has 2 amide bonds. The molecule has 0 aromatic heterocycles. The van der Waals surface area contributed by atoms with E-state index < -0.39 is 21.8 Å². The molecule has 2 rings (SSSR count). The van der Waals surface area contributed by atoms with Crippen LogP contribution in [-0.2, 0) is 14.8 Å². The second-order valence-electron chi connectivity index (χ2n) is 5.43. The summed E-state index contributed by atoms with van der Waals surface area (Å²) in [5.41, 5.74) is 1.24. The summed E-state index contributed by atoms with van der Waals surface area (Å²) in [5, 5.41) is 5.54. The van der Waals surface area contributed by atoms with Crippen LogP contribution in [0.4, 0.5) is 5.69 Å². The summed E-state index contributed by atoms with van der Waals surface area (Å²) in [6.45, 7) is 1.39. The van der Waals surface area contributed by atoms with Crippen LogP contribution in [0.5, 0.6) is 0 Å². The molecular formula is C17H18ClN3O4S. The van der Waals surface area contributed by atoms with Gasteiger partial charge in [-0.1, -0.05) is 17.7 Å². The number of rotatable bonds is 6. The SMILES string of the molecule is CNS(=O)(=O)c1cc(NC(=O)CNC(=O)c2ccc(Cl)cc2)ccc1C. The van der Waals surface area contributed by atoms with Gasteiger partial charge < -0.3 is 10.6 Å². The Kier molecular flexibility index (Phi) is 6.36. The van der Waals surface area contributed by atoms with E-state index in [1.54, 1.807) is 43.3 Å². The van der Waals surface area contributed by atoms with Gasteiger partial charge in [-0.05, 0) is 55.9 Å². The molecule has 3 N–H and O–H groups in total. The van der Waals surface area contributed by atoms with E-state index in [1.165, 1.54) is 13.1 Å². The molecule has 0 fully saturated rings. The van der Waals surface area contributed by atoms with Crippen LogP contribution in [0.3, 0.4) is 0 Å². The predicted molar refractivity (Wildman–Crippen MR) is 99.8 cm³/mol. The number of benzene rings is 2. The number of sulfonamides is 1. The Balaban J connectivity index is 2.01. The number of hydrogen-bond acceptors (Lipinski definition) is 4. The molecule has 0 aliphatic carbocycles. The van der Waals surface area contributed by atoms with Crippen molar-refractivity contribution in [2.24, 2.45) is 0 Å². The van der Waals surface area contributed by atoms with Crippen LogP contribution in [-0.4, -0.2) is 33.8 Å². The number of halogens is 1. The van der Waals surface area contributed by atoms with Crippen molar-refractivity contribution in [3.8, 4) is 0 Å². The number of carbonyl (C=O) groups is 2. The Morgan fingerprint density at radius 1 is 1.08 bits per heavy atom. The van der Waals surface area contributed by atoms with Crippen molar-refractivity contribution in [3.05, 3.63) is 58.6 Å². The lowest BCUT2D eigenvalue weighted by atomic mass is 10.2. The standard InChI is InChI=1S/C17H18ClN3O4S/c1-11-3-8-14(9-15(11)26(24,25)19-2)21-16(22)10-20-17(23)12-4-6-13(18)7-5-12/h3-9,19H,10H2,1-2H3,(H,20,23)(H,21,22). The van der Waals surface area contributed by atoms with E-state index in [1.807, 2.05) is 0 Å². The smallest absolute Gasteiger partial charge is 0.251 e. The summed E-state index contributed by atoms with van der Waals surface area (Å²) < 4.78 is 26.2. The summed E-state index contributed by atoms with van der Waals surface area (Å²) in [7, 11) is -2.32. The van der Waals surface area contributed by atoms with Gasteiger partial charge in [0.05, 0.1) is 11.4 Å². The first-order valence-electron chi connectivity index (χ1n) is 7.61. The third-order valence-corrected chi connectivity index (χ3v) is 5.35. The highest BCUT2D eigenvalue weighted by atomic mass is 35.5. The van der Waals surface area contributed by atoms with Crippen LogP contribution >= 0.6 is 11.6 Å². The van der Waals surface area contributed by atoms with Crippen LogP contribution in [0.15, 0.2) is 47.4 Å². The highest BCUT2D eigenvalue weighted by Crippen LogP contribution is 2.19. The maximum atomic E-state index is 12.0. The Bertz CT molecular complexity index is 928. The average molecular weight is 396 g/mol. The van der Waals surface area contributed by atoms with E-state index in [9.17, 15) is 18.0 Å². The summed E-state index contributed by atoms with van der Waals surface area (Å²) in [6, 6.07) is 10.8. The largest absolute Gasteiger partial charge is 0.343 e. The van der Waals surface area contributed by atoms with Gasteiger partial charge in [0.1, 0.15) is 0 Å².